The molecule has 1 fully saturated rings. The Morgan fingerprint density at radius 3 is 2.85 bits per heavy atom. The van der Waals surface area contributed by atoms with E-state index in [4.69, 9.17) is 4.74 Å². The molecule has 0 radical (unpaired) electrons. The lowest BCUT2D eigenvalue weighted by molar-refractivity contribution is 0.348. The standard InChI is InChI=1S/C13H19BrN2O3S/c1-9-12(4-3-7-15-9)16-20(17,18)10-5-6-11(14)13(8-10)19-2/h5-6,8-9,12,15-16H,3-4,7H2,1-2H3. The van der Waals surface area contributed by atoms with E-state index in [2.05, 4.69) is 26.0 Å². The molecule has 0 spiro atoms. The molecular weight excluding hydrogens is 344 g/mol. The molecule has 0 aromatic heterocycles. The van der Waals surface area contributed by atoms with E-state index in [0.717, 1.165) is 23.9 Å². The minimum Gasteiger partial charge on any atom is -0.496 e. The summed E-state index contributed by atoms with van der Waals surface area (Å²) in [5.41, 5.74) is 0. The molecule has 5 nitrogen and oxygen atoms in total. The van der Waals surface area contributed by atoms with Crippen LogP contribution in [0.4, 0.5) is 0 Å². The van der Waals surface area contributed by atoms with Gasteiger partial charge in [-0.15, -0.1) is 0 Å². The van der Waals surface area contributed by atoms with Crippen molar-refractivity contribution in [1.82, 2.24) is 10.0 Å². The van der Waals surface area contributed by atoms with Crippen molar-refractivity contribution in [3.8, 4) is 5.75 Å². The van der Waals surface area contributed by atoms with Crippen molar-refractivity contribution in [3.63, 3.8) is 0 Å². The minimum absolute atomic E-state index is 0.0802. The fraction of sp³-hybridized carbons (Fsp3) is 0.538. The summed E-state index contributed by atoms with van der Waals surface area (Å²) in [5.74, 6) is 0.502. The minimum atomic E-state index is -3.53. The lowest BCUT2D eigenvalue weighted by atomic mass is 10.0. The van der Waals surface area contributed by atoms with Crippen LogP contribution in [-0.2, 0) is 10.0 Å². The molecule has 1 saturated heterocycles. The predicted octanol–water partition coefficient (Wildman–Crippen LogP) is 1.88. The monoisotopic (exact) mass is 362 g/mol. The van der Waals surface area contributed by atoms with Crippen LogP contribution in [0.15, 0.2) is 27.6 Å². The smallest absolute Gasteiger partial charge is 0.241 e. The summed E-state index contributed by atoms with van der Waals surface area (Å²) in [7, 11) is -2.02. The normalized spacial score (nSPS) is 23.6. The predicted molar refractivity (Wildman–Crippen MR) is 81.5 cm³/mol. The Kier molecular flexibility index (Phi) is 5.06. The zero-order valence-electron chi connectivity index (χ0n) is 11.5. The van der Waals surface area contributed by atoms with Gasteiger partial charge in [0.25, 0.3) is 0 Å². The third kappa shape index (κ3) is 3.52. The first-order valence-corrected chi connectivity index (χ1v) is 8.81. The van der Waals surface area contributed by atoms with E-state index >= 15 is 0 Å². The first-order chi connectivity index (χ1) is 9.44. The largest absolute Gasteiger partial charge is 0.496 e. The van der Waals surface area contributed by atoms with Crippen molar-refractivity contribution < 1.29 is 13.2 Å². The number of ether oxygens (including phenoxy) is 1. The van der Waals surface area contributed by atoms with Crippen molar-refractivity contribution in [2.45, 2.75) is 36.7 Å². The molecule has 2 atom stereocenters. The van der Waals surface area contributed by atoms with E-state index in [1.54, 1.807) is 12.1 Å². The van der Waals surface area contributed by atoms with E-state index < -0.39 is 10.0 Å². The number of rotatable bonds is 4. The fourth-order valence-corrected chi connectivity index (χ4v) is 4.05. The molecule has 0 saturated carbocycles. The number of halogens is 1. The maximum absolute atomic E-state index is 12.4. The first-order valence-electron chi connectivity index (χ1n) is 6.53. The fourth-order valence-electron chi connectivity index (χ4n) is 2.28. The van der Waals surface area contributed by atoms with Crippen LogP contribution in [0.2, 0.25) is 0 Å². The average molecular weight is 363 g/mol. The highest BCUT2D eigenvalue weighted by Gasteiger charge is 2.26. The van der Waals surface area contributed by atoms with Gasteiger partial charge in [-0.3, -0.25) is 0 Å². The molecule has 2 rings (SSSR count). The summed E-state index contributed by atoms with van der Waals surface area (Å²) in [6.45, 7) is 2.93. The molecule has 1 aromatic rings. The van der Waals surface area contributed by atoms with Crippen LogP contribution < -0.4 is 14.8 Å². The van der Waals surface area contributed by atoms with E-state index in [0.29, 0.717) is 5.75 Å². The number of sulfonamides is 1. The highest BCUT2D eigenvalue weighted by Crippen LogP contribution is 2.27. The number of nitrogens with one attached hydrogen (secondary N) is 2. The number of methoxy groups -OCH3 is 1. The van der Waals surface area contributed by atoms with E-state index in [1.165, 1.54) is 13.2 Å². The van der Waals surface area contributed by atoms with Gasteiger partial charge in [0.1, 0.15) is 5.75 Å². The second kappa shape index (κ2) is 6.43. The lowest BCUT2D eigenvalue weighted by Gasteiger charge is -2.30. The molecule has 20 heavy (non-hydrogen) atoms. The molecule has 112 valence electrons. The van der Waals surface area contributed by atoms with Crippen molar-refractivity contribution in [2.24, 2.45) is 0 Å². The maximum Gasteiger partial charge on any atom is 0.241 e. The van der Waals surface area contributed by atoms with Crippen LogP contribution in [0.3, 0.4) is 0 Å². The zero-order valence-corrected chi connectivity index (χ0v) is 13.9. The van der Waals surface area contributed by atoms with E-state index in [1.807, 2.05) is 6.92 Å². The van der Waals surface area contributed by atoms with E-state index in [-0.39, 0.29) is 17.0 Å². The summed E-state index contributed by atoms with van der Waals surface area (Å²) in [4.78, 5) is 0.218. The maximum atomic E-state index is 12.4. The van der Waals surface area contributed by atoms with Gasteiger partial charge in [-0.1, -0.05) is 0 Å². The van der Waals surface area contributed by atoms with Crippen LogP contribution >= 0.6 is 15.9 Å². The average Bonchev–Trinajstić information content (AvgIpc) is 2.41. The Morgan fingerprint density at radius 2 is 2.20 bits per heavy atom. The SMILES string of the molecule is COc1cc(S(=O)(=O)NC2CCCNC2C)ccc1Br. The number of piperidine rings is 1. The number of hydrogen-bond donors (Lipinski definition) is 2. The summed E-state index contributed by atoms with van der Waals surface area (Å²) in [6.07, 6.45) is 1.82. The van der Waals surface area contributed by atoms with Crippen LogP contribution in [0.25, 0.3) is 0 Å². The topological polar surface area (TPSA) is 67.4 Å². The van der Waals surface area contributed by atoms with E-state index in [9.17, 15) is 8.42 Å². The van der Waals surface area contributed by atoms with Gasteiger partial charge in [-0.25, -0.2) is 13.1 Å². The highest BCUT2D eigenvalue weighted by atomic mass is 79.9. The quantitative estimate of drug-likeness (QED) is 0.857. The van der Waals surface area contributed by atoms with Gasteiger partial charge in [0.05, 0.1) is 16.5 Å². The number of hydrogen-bond acceptors (Lipinski definition) is 4. The Labute approximate surface area is 128 Å². The third-order valence-corrected chi connectivity index (χ3v) is 5.64. The Hall–Kier alpha value is -0.630. The van der Waals surface area contributed by atoms with Crippen molar-refractivity contribution in [3.05, 3.63) is 22.7 Å². The Bertz CT molecular complexity index is 577. The van der Waals surface area contributed by atoms with Gasteiger partial charge >= 0.3 is 0 Å². The molecule has 0 amide bonds. The van der Waals surface area contributed by atoms with Crippen LogP contribution in [0, 0.1) is 0 Å². The molecule has 1 aliphatic heterocycles. The van der Waals surface area contributed by atoms with Gasteiger partial charge in [0.15, 0.2) is 0 Å². The summed E-state index contributed by atoms with van der Waals surface area (Å²) >= 11 is 3.32. The van der Waals surface area contributed by atoms with Gasteiger partial charge in [0, 0.05) is 18.2 Å². The second-order valence-electron chi connectivity index (χ2n) is 4.91. The second-order valence-corrected chi connectivity index (χ2v) is 7.48. The van der Waals surface area contributed by atoms with Gasteiger partial charge in [0.2, 0.25) is 10.0 Å². The van der Waals surface area contributed by atoms with Gasteiger partial charge in [-0.05, 0) is 54.4 Å². The first kappa shape index (κ1) is 15.8. The molecule has 2 unspecified atom stereocenters. The third-order valence-electron chi connectivity index (χ3n) is 3.50. The van der Waals surface area contributed by atoms with Crippen molar-refractivity contribution in [2.75, 3.05) is 13.7 Å². The van der Waals surface area contributed by atoms with Crippen molar-refractivity contribution in [1.29, 1.82) is 0 Å². The number of benzene rings is 1. The molecule has 7 heteroatoms. The molecule has 0 aliphatic carbocycles. The highest BCUT2D eigenvalue weighted by molar-refractivity contribution is 9.10. The van der Waals surface area contributed by atoms with Gasteiger partial charge < -0.3 is 10.1 Å². The molecule has 1 aliphatic rings. The van der Waals surface area contributed by atoms with Crippen LogP contribution in [-0.4, -0.2) is 34.2 Å². The lowest BCUT2D eigenvalue weighted by Crippen LogP contribution is -2.51. The van der Waals surface area contributed by atoms with Gasteiger partial charge in [-0.2, -0.15) is 0 Å². The molecule has 1 aromatic carbocycles. The summed E-state index contributed by atoms with van der Waals surface area (Å²) in [6, 6.07) is 4.82. The Balaban J connectivity index is 2.21. The molecule has 1 heterocycles. The van der Waals surface area contributed by atoms with Crippen LogP contribution in [0.1, 0.15) is 19.8 Å². The molecule has 0 bridgehead atoms. The summed E-state index contributed by atoms with van der Waals surface area (Å²) in [5, 5.41) is 3.28. The molecular formula is C13H19BrN2O3S. The Morgan fingerprint density at radius 1 is 1.45 bits per heavy atom. The molecule has 2 N–H and O–H groups in total. The summed E-state index contributed by atoms with van der Waals surface area (Å²) < 4.78 is 33.5. The van der Waals surface area contributed by atoms with Crippen LogP contribution in [0.5, 0.6) is 5.75 Å². The van der Waals surface area contributed by atoms with Crippen molar-refractivity contribution >= 4 is 26.0 Å². The zero-order chi connectivity index (χ0) is 14.8.